The van der Waals surface area contributed by atoms with Gasteiger partial charge in [-0.2, -0.15) is 0 Å². The molecule has 0 spiro atoms. The van der Waals surface area contributed by atoms with Gasteiger partial charge in [-0.15, -0.1) is 12.3 Å². The Morgan fingerprint density at radius 1 is 1.39 bits per heavy atom. The Morgan fingerprint density at radius 3 is 2.72 bits per heavy atom. The quantitative estimate of drug-likeness (QED) is 0.604. The maximum atomic E-state index is 12.4. The molecule has 0 aromatic heterocycles. The van der Waals surface area contributed by atoms with Crippen LogP contribution in [0.1, 0.15) is 51.9 Å². The molecule has 1 N–H and O–H groups in total. The molecule has 2 fully saturated rings. The van der Waals surface area contributed by atoms with E-state index in [2.05, 4.69) is 5.92 Å². The molecule has 2 aliphatic rings. The third kappa shape index (κ3) is 1.75. The molecule has 2 rings (SSSR count). The lowest BCUT2D eigenvalue weighted by Gasteiger charge is -2.54. The predicted octanol–water partition coefficient (Wildman–Crippen LogP) is 2.27. The van der Waals surface area contributed by atoms with E-state index in [1.54, 1.807) is 6.92 Å². The molecule has 0 heterocycles. The van der Waals surface area contributed by atoms with Gasteiger partial charge >= 0.3 is 5.97 Å². The number of aliphatic hydroxyl groups is 1. The summed E-state index contributed by atoms with van der Waals surface area (Å²) in [5.41, 5.74) is -1.80. The molecule has 2 aliphatic carbocycles. The van der Waals surface area contributed by atoms with Crippen LogP contribution in [0.2, 0.25) is 0 Å². The highest BCUT2D eigenvalue weighted by Crippen LogP contribution is 2.56. The maximum Gasteiger partial charge on any atom is 0.315 e. The van der Waals surface area contributed by atoms with Crippen molar-refractivity contribution in [3.63, 3.8) is 0 Å². The standard InChI is InChI=1S/C15H22O3/c1-3-12-8-7-10-14(13(16)18-4-2)9-5-6-11-15(12,14)17/h1,12,17H,4-11H2,2H3. The Balaban J connectivity index is 2.39. The number of terminal acetylenes is 1. The highest BCUT2D eigenvalue weighted by Gasteiger charge is 2.62. The van der Waals surface area contributed by atoms with E-state index in [0.29, 0.717) is 25.9 Å². The molecule has 18 heavy (non-hydrogen) atoms. The molecule has 2 saturated carbocycles. The Labute approximate surface area is 109 Å². The summed E-state index contributed by atoms with van der Waals surface area (Å²) < 4.78 is 5.23. The van der Waals surface area contributed by atoms with Gasteiger partial charge in [0, 0.05) is 5.92 Å². The van der Waals surface area contributed by atoms with Crippen LogP contribution in [0.3, 0.4) is 0 Å². The van der Waals surface area contributed by atoms with Crippen molar-refractivity contribution in [2.24, 2.45) is 11.3 Å². The molecule has 3 unspecified atom stereocenters. The van der Waals surface area contributed by atoms with Crippen LogP contribution in [0.5, 0.6) is 0 Å². The number of hydrogen-bond acceptors (Lipinski definition) is 3. The van der Waals surface area contributed by atoms with E-state index in [9.17, 15) is 9.90 Å². The lowest BCUT2D eigenvalue weighted by atomic mass is 9.53. The minimum absolute atomic E-state index is 0.212. The van der Waals surface area contributed by atoms with Crippen LogP contribution < -0.4 is 0 Å². The Hall–Kier alpha value is -1.01. The van der Waals surface area contributed by atoms with Gasteiger partial charge in [0.15, 0.2) is 0 Å². The van der Waals surface area contributed by atoms with E-state index in [0.717, 1.165) is 25.7 Å². The number of carbonyl (C=O) groups excluding carboxylic acids is 1. The topological polar surface area (TPSA) is 46.5 Å². The summed E-state index contributed by atoms with van der Waals surface area (Å²) in [4.78, 5) is 12.4. The fourth-order valence-corrected chi connectivity index (χ4v) is 3.84. The summed E-state index contributed by atoms with van der Waals surface area (Å²) in [5.74, 6) is 2.25. The zero-order valence-corrected chi connectivity index (χ0v) is 11.1. The van der Waals surface area contributed by atoms with Gasteiger partial charge in [0.2, 0.25) is 0 Å². The molecule has 3 atom stereocenters. The van der Waals surface area contributed by atoms with Crippen LogP contribution in [0, 0.1) is 23.7 Å². The van der Waals surface area contributed by atoms with Crippen LogP contribution in [-0.2, 0) is 9.53 Å². The lowest BCUT2D eigenvalue weighted by molar-refractivity contribution is -0.200. The third-order valence-electron chi connectivity index (χ3n) is 4.78. The summed E-state index contributed by atoms with van der Waals surface area (Å²) in [6.07, 6.45) is 11.2. The number of carbonyl (C=O) groups is 1. The molecule has 0 amide bonds. The van der Waals surface area contributed by atoms with Gasteiger partial charge in [0.1, 0.15) is 0 Å². The van der Waals surface area contributed by atoms with E-state index in [1.807, 2.05) is 0 Å². The molecular weight excluding hydrogens is 228 g/mol. The molecule has 0 aromatic carbocycles. The van der Waals surface area contributed by atoms with Gasteiger partial charge in [-0.1, -0.05) is 19.3 Å². The maximum absolute atomic E-state index is 12.4. The second-order valence-corrected chi connectivity index (χ2v) is 5.55. The van der Waals surface area contributed by atoms with Crippen LogP contribution in [0.4, 0.5) is 0 Å². The molecular formula is C15H22O3. The van der Waals surface area contributed by atoms with Crippen molar-refractivity contribution in [1.29, 1.82) is 0 Å². The van der Waals surface area contributed by atoms with Gasteiger partial charge in [-0.3, -0.25) is 4.79 Å². The number of rotatable bonds is 2. The third-order valence-corrected chi connectivity index (χ3v) is 4.78. The van der Waals surface area contributed by atoms with Gasteiger partial charge in [0.05, 0.1) is 17.6 Å². The molecule has 0 bridgehead atoms. The van der Waals surface area contributed by atoms with Crippen molar-refractivity contribution in [2.45, 2.75) is 57.5 Å². The average Bonchev–Trinajstić information content (AvgIpc) is 2.37. The lowest BCUT2D eigenvalue weighted by Crippen LogP contribution is -2.61. The SMILES string of the molecule is C#CC1CCCC2(C(=O)OCC)CCCCC12O. The van der Waals surface area contributed by atoms with Crippen molar-refractivity contribution >= 4 is 5.97 Å². The van der Waals surface area contributed by atoms with Crippen molar-refractivity contribution in [3.05, 3.63) is 0 Å². The van der Waals surface area contributed by atoms with Gasteiger partial charge in [-0.25, -0.2) is 0 Å². The Bertz CT molecular complexity index is 366. The normalized spacial score (nSPS) is 39.5. The number of esters is 1. The van der Waals surface area contributed by atoms with Gasteiger partial charge < -0.3 is 9.84 Å². The minimum atomic E-state index is -1.05. The monoisotopic (exact) mass is 250 g/mol. The van der Waals surface area contributed by atoms with Gasteiger partial charge in [0.25, 0.3) is 0 Å². The zero-order chi connectivity index (χ0) is 13.2. The van der Waals surface area contributed by atoms with E-state index in [4.69, 9.17) is 11.2 Å². The first-order chi connectivity index (χ1) is 8.60. The Kier molecular flexibility index (Phi) is 3.68. The number of hydrogen-bond donors (Lipinski definition) is 1. The summed E-state index contributed by atoms with van der Waals surface area (Å²) in [6.45, 7) is 2.16. The second kappa shape index (κ2) is 4.93. The van der Waals surface area contributed by atoms with E-state index < -0.39 is 11.0 Å². The molecule has 0 saturated heterocycles. The fraction of sp³-hybridized carbons (Fsp3) is 0.800. The smallest absolute Gasteiger partial charge is 0.315 e. The second-order valence-electron chi connectivity index (χ2n) is 5.55. The summed E-state index contributed by atoms with van der Waals surface area (Å²) >= 11 is 0. The zero-order valence-electron chi connectivity index (χ0n) is 11.1. The van der Waals surface area contributed by atoms with Crippen LogP contribution in [0.25, 0.3) is 0 Å². The number of fused-ring (bicyclic) bond motifs is 1. The van der Waals surface area contributed by atoms with Crippen LogP contribution >= 0.6 is 0 Å². The molecule has 3 heteroatoms. The van der Waals surface area contributed by atoms with E-state index >= 15 is 0 Å². The van der Waals surface area contributed by atoms with Crippen molar-refractivity contribution in [1.82, 2.24) is 0 Å². The largest absolute Gasteiger partial charge is 0.465 e. The molecule has 100 valence electrons. The first-order valence-corrected chi connectivity index (χ1v) is 6.96. The summed E-state index contributed by atoms with van der Waals surface area (Å²) in [7, 11) is 0. The molecule has 0 aromatic rings. The molecule has 0 aliphatic heterocycles. The minimum Gasteiger partial charge on any atom is -0.465 e. The van der Waals surface area contributed by atoms with Crippen molar-refractivity contribution in [3.8, 4) is 12.3 Å². The van der Waals surface area contributed by atoms with Crippen molar-refractivity contribution < 1.29 is 14.6 Å². The summed E-state index contributed by atoms with van der Waals surface area (Å²) in [5, 5.41) is 11.1. The van der Waals surface area contributed by atoms with Crippen LogP contribution in [-0.4, -0.2) is 23.3 Å². The fourth-order valence-electron chi connectivity index (χ4n) is 3.84. The first kappa shape index (κ1) is 13.4. The summed E-state index contributed by atoms with van der Waals surface area (Å²) in [6, 6.07) is 0. The van der Waals surface area contributed by atoms with E-state index in [-0.39, 0.29) is 11.9 Å². The van der Waals surface area contributed by atoms with Crippen molar-refractivity contribution in [2.75, 3.05) is 6.61 Å². The average molecular weight is 250 g/mol. The highest BCUT2D eigenvalue weighted by molar-refractivity contribution is 5.79. The van der Waals surface area contributed by atoms with E-state index in [1.165, 1.54) is 0 Å². The highest BCUT2D eigenvalue weighted by atomic mass is 16.5. The van der Waals surface area contributed by atoms with Crippen LogP contribution in [0.15, 0.2) is 0 Å². The predicted molar refractivity (Wildman–Crippen MR) is 68.7 cm³/mol. The van der Waals surface area contributed by atoms with Gasteiger partial charge in [-0.05, 0) is 32.6 Å². The number of ether oxygens (including phenoxy) is 1. The molecule has 0 radical (unpaired) electrons. The molecule has 3 nitrogen and oxygen atoms in total. The first-order valence-electron chi connectivity index (χ1n) is 6.96. The Morgan fingerprint density at radius 2 is 2.06 bits per heavy atom.